The quantitative estimate of drug-likeness (QED) is 0.676. The van der Waals surface area contributed by atoms with Gasteiger partial charge in [0, 0.05) is 31.4 Å². The highest BCUT2D eigenvalue weighted by Gasteiger charge is 2.20. The number of ether oxygens (including phenoxy) is 1. The number of benzene rings is 1. The van der Waals surface area contributed by atoms with Gasteiger partial charge in [-0.15, -0.1) is 0 Å². The van der Waals surface area contributed by atoms with Crippen LogP contribution in [0.5, 0.6) is 0 Å². The smallest absolute Gasteiger partial charge is 0.151 e. The largest absolute Gasteiger partial charge is 0.463 e. The molecule has 3 rings (SSSR count). The second kappa shape index (κ2) is 10.4. The van der Waals surface area contributed by atoms with Crippen molar-refractivity contribution in [3.05, 3.63) is 95.7 Å². The molecule has 2 heterocycles. The molecule has 148 valence electrons. The number of rotatable bonds is 4. The van der Waals surface area contributed by atoms with E-state index in [9.17, 15) is 0 Å². The molecule has 0 aliphatic carbocycles. The Morgan fingerprint density at radius 1 is 1.18 bits per heavy atom. The Morgan fingerprint density at radius 3 is 2.68 bits per heavy atom. The lowest BCUT2D eigenvalue weighted by Gasteiger charge is -2.29. The molecule has 0 spiro atoms. The van der Waals surface area contributed by atoms with E-state index in [0.717, 1.165) is 35.7 Å². The van der Waals surface area contributed by atoms with Crippen molar-refractivity contribution in [2.75, 3.05) is 25.5 Å². The molecule has 28 heavy (non-hydrogen) atoms. The number of nitrogens with zero attached hydrogens (tertiary/aromatic N) is 1. The summed E-state index contributed by atoms with van der Waals surface area (Å²) in [5.41, 5.74) is 6.73. The number of likely N-dealkylation sites (N-methyl/N-ethyl adjacent to an activating group) is 1. The van der Waals surface area contributed by atoms with Crippen molar-refractivity contribution in [3.8, 4) is 0 Å². The third-order valence-electron chi connectivity index (χ3n) is 4.45. The van der Waals surface area contributed by atoms with Gasteiger partial charge < -0.3 is 15.0 Å². The van der Waals surface area contributed by atoms with Gasteiger partial charge in [0.05, 0.1) is 12.0 Å². The van der Waals surface area contributed by atoms with Crippen molar-refractivity contribution in [2.45, 2.75) is 27.7 Å². The lowest BCUT2D eigenvalue weighted by atomic mass is 9.96. The van der Waals surface area contributed by atoms with Crippen molar-refractivity contribution < 1.29 is 4.74 Å². The van der Waals surface area contributed by atoms with Crippen LogP contribution in [0.4, 0.5) is 5.69 Å². The SMILES string of the molecule is C=C1/C=C\C=C/O/C(C2=C(c3ccc(NCC)c(C)c3)C=CCN2C)=C\1.CC. The van der Waals surface area contributed by atoms with E-state index in [0.29, 0.717) is 0 Å². The summed E-state index contributed by atoms with van der Waals surface area (Å²) in [6, 6.07) is 6.54. The van der Waals surface area contributed by atoms with Gasteiger partial charge in [0.1, 0.15) is 0 Å². The lowest BCUT2D eigenvalue weighted by molar-refractivity contribution is 0.322. The van der Waals surface area contributed by atoms with E-state index in [1.165, 1.54) is 16.8 Å². The van der Waals surface area contributed by atoms with Gasteiger partial charge in [0.2, 0.25) is 0 Å². The average molecular weight is 377 g/mol. The van der Waals surface area contributed by atoms with E-state index in [1.807, 2.05) is 38.2 Å². The minimum absolute atomic E-state index is 0.811. The van der Waals surface area contributed by atoms with Gasteiger partial charge in [-0.1, -0.05) is 50.8 Å². The molecular weight excluding hydrogens is 344 g/mol. The number of aryl methyl sites for hydroxylation is 1. The standard InChI is InChI=1S/C23H26N2O.C2H6/c1-5-24-21-12-11-19(16-18(21)3)20-10-8-13-25(4)23(20)22-15-17(2)9-6-7-14-26-22;1-2/h6-12,14-16,24H,2,5,13H2,1,3-4H3;1-2H3/b9-6-,14-7-,22-15-;. The Hall–Kier alpha value is -2.94. The van der Waals surface area contributed by atoms with Crippen LogP contribution in [-0.2, 0) is 4.74 Å². The molecule has 1 aromatic rings. The highest BCUT2D eigenvalue weighted by Crippen LogP contribution is 2.33. The summed E-state index contributed by atoms with van der Waals surface area (Å²) in [5.74, 6) is 0.811. The van der Waals surface area contributed by atoms with Crippen LogP contribution in [0.15, 0.2) is 84.5 Å². The monoisotopic (exact) mass is 376 g/mol. The van der Waals surface area contributed by atoms with Crippen LogP contribution in [0, 0.1) is 6.92 Å². The fraction of sp³-hybridized carbons (Fsp3) is 0.280. The topological polar surface area (TPSA) is 24.5 Å². The van der Waals surface area contributed by atoms with Crippen LogP contribution in [0.1, 0.15) is 31.9 Å². The van der Waals surface area contributed by atoms with Crippen molar-refractivity contribution in [1.29, 1.82) is 0 Å². The summed E-state index contributed by atoms with van der Waals surface area (Å²) in [4.78, 5) is 2.21. The number of anilines is 1. The normalized spacial score (nSPS) is 20.1. The molecule has 0 radical (unpaired) electrons. The Balaban J connectivity index is 0.00000136. The number of hydrogen-bond donors (Lipinski definition) is 1. The Morgan fingerprint density at radius 2 is 1.96 bits per heavy atom. The van der Waals surface area contributed by atoms with E-state index >= 15 is 0 Å². The Labute approximate surface area is 170 Å². The molecule has 1 aromatic carbocycles. The van der Waals surface area contributed by atoms with Gasteiger partial charge in [-0.05, 0) is 54.8 Å². The molecule has 0 saturated heterocycles. The molecule has 0 aromatic heterocycles. The summed E-state index contributed by atoms with van der Waals surface area (Å²) in [5, 5.41) is 3.40. The molecule has 0 atom stereocenters. The maximum absolute atomic E-state index is 5.93. The van der Waals surface area contributed by atoms with Gasteiger partial charge in [0.25, 0.3) is 0 Å². The highest BCUT2D eigenvalue weighted by molar-refractivity contribution is 5.81. The molecule has 0 unspecified atom stereocenters. The Kier molecular flexibility index (Phi) is 7.94. The second-order valence-corrected chi connectivity index (χ2v) is 6.49. The summed E-state index contributed by atoms with van der Waals surface area (Å²) in [6.07, 6.45) is 13.9. The third kappa shape index (κ3) is 5.07. The van der Waals surface area contributed by atoms with E-state index in [4.69, 9.17) is 4.74 Å². The molecule has 0 saturated carbocycles. The van der Waals surface area contributed by atoms with Crippen molar-refractivity contribution in [1.82, 2.24) is 4.90 Å². The van der Waals surface area contributed by atoms with E-state index < -0.39 is 0 Å². The molecule has 2 aliphatic rings. The maximum Gasteiger partial charge on any atom is 0.151 e. The van der Waals surface area contributed by atoms with Gasteiger partial charge in [0.15, 0.2) is 5.76 Å². The van der Waals surface area contributed by atoms with Gasteiger partial charge in [-0.3, -0.25) is 0 Å². The minimum Gasteiger partial charge on any atom is -0.463 e. The van der Waals surface area contributed by atoms with Crippen molar-refractivity contribution in [3.63, 3.8) is 0 Å². The molecule has 0 amide bonds. The molecule has 0 bridgehead atoms. The molecule has 2 aliphatic heterocycles. The van der Waals surface area contributed by atoms with E-state index in [1.54, 1.807) is 6.26 Å². The fourth-order valence-corrected chi connectivity index (χ4v) is 3.19. The number of nitrogens with one attached hydrogen (secondary N) is 1. The summed E-state index contributed by atoms with van der Waals surface area (Å²) in [6.45, 7) is 14.1. The maximum atomic E-state index is 5.93. The summed E-state index contributed by atoms with van der Waals surface area (Å²) in [7, 11) is 2.09. The predicted molar refractivity (Wildman–Crippen MR) is 122 cm³/mol. The number of hydrogen-bond acceptors (Lipinski definition) is 3. The molecule has 1 N–H and O–H groups in total. The van der Waals surface area contributed by atoms with Gasteiger partial charge >= 0.3 is 0 Å². The van der Waals surface area contributed by atoms with E-state index in [2.05, 4.69) is 68.0 Å². The third-order valence-corrected chi connectivity index (χ3v) is 4.45. The first-order chi connectivity index (χ1) is 13.6. The fourth-order valence-electron chi connectivity index (χ4n) is 3.19. The zero-order valence-electron chi connectivity index (χ0n) is 17.8. The summed E-state index contributed by atoms with van der Waals surface area (Å²) < 4.78 is 5.93. The van der Waals surface area contributed by atoms with Crippen LogP contribution >= 0.6 is 0 Å². The Bertz CT molecular complexity index is 853. The highest BCUT2D eigenvalue weighted by atomic mass is 16.5. The van der Waals surface area contributed by atoms with Crippen LogP contribution in [0.3, 0.4) is 0 Å². The second-order valence-electron chi connectivity index (χ2n) is 6.49. The van der Waals surface area contributed by atoms with Crippen LogP contribution in [0.25, 0.3) is 5.57 Å². The van der Waals surface area contributed by atoms with E-state index in [-0.39, 0.29) is 0 Å². The van der Waals surface area contributed by atoms with Gasteiger partial charge in [-0.25, -0.2) is 0 Å². The molecule has 0 fully saturated rings. The molecule has 3 nitrogen and oxygen atoms in total. The first-order valence-electron chi connectivity index (χ1n) is 9.98. The predicted octanol–water partition coefficient (Wildman–Crippen LogP) is 6.21. The zero-order chi connectivity index (χ0) is 20.5. The van der Waals surface area contributed by atoms with Crippen molar-refractivity contribution in [2.24, 2.45) is 0 Å². The van der Waals surface area contributed by atoms with Crippen molar-refractivity contribution >= 4 is 11.3 Å². The zero-order valence-corrected chi connectivity index (χ0v) is 17.8. The lowest BCUT2D eigenvalue weighted by Crippen LogP contribution is -2.23. The minimum atomic E-state index is 0.811. The molecular formula is C25H32N2O. The summed E-state index contributed by atoms with van der Waals surface area (Å²) >= 11 is 0. The van der Waals surface area contributed by atoms with Crippen LogP contribution in [-0.4, -0.2) is 25.0 Å². The van der Waals surface area contributed by atoms with Crippen LogP contribution in [0.2, 0.25) is 0 Å². The van der Waals surface area contributed by atoms with Gasteiger partial charge in [-0.2, -0.15) is 0 Å². The van der Waals surface area contributed by atoms with Crippen LogP contribution < -0.4 is 5.32 Å². The number of allylic oxidation sites excluding steroid dienone is 7. The molecule has 3 heteroatoms. The first kappa shape index (κ1) is 21.4. The average Bonchev–Trinajstić information content (AvgIpc) is 2.68. The first-order valence-corrected chi connectivity index (χ1v) is 9.98.